The van der Waals surface area contributed by atoms with Crippen LogP contribution in [0.2, 0.25) is 0 Å². The first-order chi connectivity index (χ1) is 14.2. The van der Waals surface area contributed by atoms with E-state index in [-0.39, 0.29) is 17.3 Å². The number of nitrogens with two attached hydrogens (primary N) is 1. The lowest BCUT2D eigenvalue weighted by atomic mass is 10.2. The number of aromatic nitrogens is 5. The Bertz CT molecular complexity index is 993. The number of benzene rings is 1. The van der Waals surface area contributed by atoms with Crippen molar-refractivity contribution in [2.24, 2.45) is 5.10 Å². The fourth-order valence-corrected chi connectivity index (χ4v) is 2.86. The van der Waals surface area contributed by atoms with Crippen molar-refractivity contribution >= 4 is 17.9 Å². The highest BCUT2D eigenvalue weighted by Gasteiger charge is 2.26. The summed E-state index contributed by atoms with van der Waals surface area (Å²) in [5, 5.41) is 19.4. The Morgan fingerprint density at radius 2 is 2.03 bits per heavy atom. The number of hydrogen-bond donors (Lipinski definition) is 2. The van der Waals surface area contributed by atoms with Crippen LogP contribution in [0.1, 0.15) is 21.7 Å². The van der Waals surface area contributed by atoms with Gasteiger partial charge in [0.15, 0.2) is 5.69 Å². The highest BCUT2D eigenvalue weighted by Crippen LogP contribution is 2.17. The molecule has 12 nitrogen and oxygen atoms in total. The summed E-state index contributed by atoms with van der Waals surface area (Å²) in [6, 6.07) is 9.39. The normalized spacial score (nSPS) is 15.0. The molecular formula is C17H19N9O3. The first kappa shape index (κ1) is 18.7. The third-order valence-corrected chi connectivity index (χ3v) is 4.31. The van der Waals surface area contributed by atoms with Gasteiger partial charge in [0.05, 0.1) is 19.4 Å². The third-order valence-electron chi connectivity index (χ3n) is 4.31. The third kappa shape index (κ3) is 4.28. The van der Waals surface area contributed by atoms with Crippen LogP contribution in [0.25, 0.3) is 5.82 Å². The standard InChI is InChI=1S/C17H19N9O3/c18-15-16(23-29-22-15)26-14(13(20-24-26)11-25-6-8-28-9-7-25)17(27)21-19-10-12-4-2-1-3-5-12/h1-5,10H,6-9,11H2,(H2,18,22)(H,21,27)/b19-10-. The van der Waals surface area contributed by atoms with E-state index in [1.165, 1.54) is 4.68 Å². The molecule has 12 heteroatoms. The summed E-state index contributed by atoms with van der Waals surface area (Å²) in [7, 11) is 0. The second kappa shape index (κ2) is 8.58. The number of nitrogens with zero attached hydrogens (tertiary/aromatic N) is 7. The maximum atomic E-state index is 12.9. The van der Waals surface area contributed by atoms with Gasteiger partial charge in [-0.05, 0) is 15.9 Å². The lowest BCUT2D eigenvalue weighted by Gasteiger charge is -2.25. The topological polar surface area (TPSA) is 150 Å². The highest BCUT2D eigenvalue weighted by atomic mass is 16.6. The first-order valence-corrected chi connectivity index (χ1v) is 8.94. The van der Waals surface area contributed by atoms with Gasteiger partial charge in [0.1, 0.15) is 5.69 Å². The average Bonchev–Trinajstić information content (AvgIpc) is 3.35. The number of carbonyl (C=O) groups excluding carboxylic acids is 1. The number of carbonyl (C=O) groups is 1. The number of anilines is 1. The molecule has 3 aromatic rings. The van der Waals surface area contributed by atoms with Crippen LogP contribution < -0.4 is 11.2 Å². The van der Waals surface area contributed by atoms with Gasteiger partial charge >= 0.3 is 0 Å². The molecule has 4 rings (SSSR count). The molecule has 1 fully saturated rings. The predicted octanol–water partition coefficient (Wildman–Crippen LogP) is -0.171. The molecule has 1 aromatic carbocycles. The van der Waals surface area contributed by atoms with Crippen molar-refractivity contribution in [2.45, 2.75) is 6.54 Å². The Hall–Kier alpha value is -3.64. The van der Waals surface area contributed by atoms with Gasteiger partial charge in [-0.15, -0.1) is 5.10 Å². The molecule has 1 amide bonds. The van der Waals surface area contributed by atoms with Crippen LogP contribution in [0.3, 0.4) is 0 Å². The lowest BCUT2D eigenvalue weighted by molar-refractivity contribution is 0.0335. The number of morpholine rings is 1. The molecule has 1 aliphatic rings. The molecular weight excluding hydrogens is 378 g/mol. The van der Waals surface area contributed by atoms with Crippen LogP contribution in [0.5, 0.6) is 0 Å². The number of nitrogens with one attached hydrogen (secondary N) is 1. The van der Waals surface area contributed by atoms with Crippen molar-refractivity contribution in [1.82, 2.24) is 35.6 Å². The smallest absolute Gasteiger partial charge is 0.292 e. The van der Waals surface area contributed by atoms with Crippen molar-refractivity contribution in [3.8, 4) is 5.82 Å². The van der Waals surface area contributed by atoms with Crippen molar-refractivity contribution in [3.05, 3.63) is 47.3 Å². The highest BCUT2D eigenvalue weighted by molar-refractivity contribution is 5.95. The Morgan fingerprint density at radius 1 is 1.24 bits per heavy atom. The monoisotopic (exact) mass is 397 g/mol. The van der Waals surface area contributed by atoms with Gasteiger partial charge in [0.25, 0.3) is 5.91 Å². The van der Waals surface area contributed by atoms with Crippen LogP contribution >= 0.6 is 0 Å². The van der Waals surface area contributed by atoms with E-state index in [4.69, 9.17) is 10.5 Å². The zero-order chi connectivity index (χ0) is 20.1. The molecule has 3 N–H and O–H groups in total. The molecule has 1 saturated heterocycles. The molecule has 0 unspecified atom stereocenters. The van der Waals surface area contributed by atoms with Gasteiger partial charge < -0.3 is 10.5 Å². The van der Waals surface area contributed by atoms with Crippen molar-refractivity contribution in [3.63, 3.8) is 0 Å². The molecule has 0 radical (unpaired) electrons. The van der Waals surface area contributed by atoms with Gasteiger partial charge in [0, 0.05) is 19.6 Å². The van der Waals surface area contributed by atoms with E-state index in [9.17, 15) is 4.79 Å². The number of hydrazone groups is 1. The van der Waals surface area contributed by atoms with Gasteiger partial charge in [0.2, 0.25) is 11.6 Å². The number of hydrogen-bond acceptors (Lipinski definition) is 10. The quantitative estimate of drug-likeness (QED) is 0.427. The molecule has 29 heavy (non-hydrogen) atoms. The summed E-state index contributed by atoms with van der Waals surface area (Å²) in [5.41, 5.74) is 9.73. The van der Waals surface area contributed by atoms with Crippen LogP contribution in [0.4, 0.5) is 5.82 Å². The Morgan fingerprint density at radius 3 is 2.76 bits per heavy atom. The second-order valence-electron chi connectivity index (χ2n) is 6.27. The summed E-state index contributed by atoms with van der Waals surface area (Å²) < 4.78 is 11.2. The summed E-state index contributed by atoms with van der Waals surface area (Å²) >= 11 is 0. The molecule has 2 aromatic heterocycles. The van der Waals surface area contributed by atoms with E-state index >= 15 is 0 Å². The van der Waals surface area contributed by atoms with Crippen molar-refractivity contribution < 1.29 is 14.2 Å². The van der Waals surface area contributed by atoms with Gasteiger partial charge in [-0.25, -0.2) is 10.1 Å². The van der Waals surface area contributed by atoms with Gasteiger partial charge in [-0.3, -0.25) is 9.69 Å². The molecule has 0 aliphatic carbocycles. The zero-order valence-electron chi connectivity index (χ0n) is 15.4. The van der Waals surface area contributed by atoms with E-state index in [1.807, 2.05) is 30.3 Å². The minimum absolute atomic E-state index is 0.00495. The number of amides is 1. The van der Waals surface area contributed by atoms with E-state index in [1.54, 1.807) is 6.21 Å². The number of nitrogen functional groups attached to an aromatic ring is 1. The molecule has 150 valence electrons. The van der Waals surface area contributed by atoms with Crippen LogP contribution in [0.15, 0.2) is 40.1 Å². The number of ether oxygens (including phenoxy) is 1. The summed E-state index contributed by atoms with van der Waals surface area (Å²) in [4.78, 5) is 15.0. The largest absolute Gasteiger partial charge is 0.379 e. The van der Waals surface area contributed by atoms with E-state index in [0.29, 0.717) is 25.5 Å². The minimum atomic E-state index is -0.507. The van der Waals surface area contributed by atoms with E-state index in [0.717, 1.165) is 18.7 Å². The maximum absolute atomic E-state index is 12.9. The molecule has 1 aliphatic heterocycles. The Balaban J connectivity index is 1.59. The summed E-state index contributed by atoms with van der Waals surface area (Å²) in [6.45, 7) is 3.12. The van der Waals surface area contributed by atoms with Crippen molar-refractivity contribution in [1.29, 1.82) is 0 Å². The zero-order valence-corrected chi connectivity index (χ0v) is 15.4. The lowest BCUT2D eigenvalue weighted by Crippen LogP contribution is -2.36. The Kier molecular flexibility index (Phi) is 5.54. The van der Waals surface area contributed by atoms with E-state index in [2.05, 4.69) is 40.7 Å². The van der Waals surface area contributed by atoms with Crippen molar-refractivity contribution in [2.75, 3.05) is 32.0 Å². The van der Waals surface area contributed by atoms with E-state index < -0.39 is 5.91 Å². The average molecular weight is 397 g/mol. The van der Waals surface area contributed by atoms with Crippen LogP contribution in [-0.4, -0.2) is 68.6 Å². The molecule has 0 bridgehead atoms. The molecule has 0 atom stereocenters. The molecule has 0 saturated carbocycles. The Labute approximate surface area is 165 Å². The van der Waals surface area contributed by atoms with Crippen LogP contribution in [-0.2, 0) is 11.3 Å². The maximum Gasteiger partial charge on any atom is 0.292 e. The summed E-state index contributed by atoms with van der Waals surface area (Å²) in [5.74, 6) is -0.426. The van der Waals surface area contributed by atoms with Crippen LogP contribution in [0, 0.1) is 0 Å². The van der Waals surface area contributed by atoms with Gasteiger partial charge in [-0.1, -0.05) is 35.5 Å². The number of rotatable bonds is 6. The minimum Gasteiger partial charge on any atom is -0.379 e. The predicted molar refractivity (Wildman–Crippen MR) is 101 cm³/mol. The fourth-order valence-electron chi connectivity index (χ4n) is 2.86. The first-order valence-electron chi connectivity index (χ1n) is 8.94. The second-order valence-corrected chi connectivity index (χ2v) is 6.27. The molecule has 3 heterocycles. The SMILES string of the molecule is Nc1nonc1-n1nnc(CN2CCOCC2)c1C(=O)N/N=C\c1ccccc1. The molecule has 0 spiro atoms. The fraction of sp³-hybridized carbons (Fsp3) is 0.294. The van der Waals surface area contributed by atoms with Gasteiger partial charge in [-0.2, -0.15) is 9.78 Å². The summed E-state index contributed by atoms with van der Waals surface area (Å²) in [6.07, 6.45) is 1.54.